The van der Waals surface area contributed by atoms with Gasteiger partial charge in [0.25, 0.3) is 0 Å². The molecule has 1 aliphatic rings. The number of carboxylic acid groups (broad SMARTS) is 1. The zero-order valence-electron chi connectivity index (χ0n) is 15.3. The minimum absolute atomic E-state index is 0.133. The lowest BCUT2D eigenvalue weighted by Gasteiger charge is -2.39. The van der Waals surface area contributed by atoms with Gasteiger partial charge in [0.1, 0.15) is 5.60 Å². The number of ether oxygens (including phenoxy) is 2. The summed E-state index contributed by atoms with van der Waals surface area (Å²) >= 11 is 1.04. The molecule has 3 atom stereocenters. The van der Waals surface area contributed by atoms with E-state index in [9.17, 15) is 19.8 Å². The summed E-state index contributed by atoms with van der Waals surface area (Å²) in [6, 6.07) is 6.64. The molecular formula is C18H25NO6S. The molecule has 144 valence electrons. The third kappa shape index (κ3) is 5.36. The molecule has 0 aliphatic carbocycles. The maximum Gasteiger partial charge on any atom is 0.408 e. The van der Waals surface area contributed by atoms with Crippen molar-refractivity contribution in [1.82, 2.24) is 5.32 Å². The van der Waals surface area contributed by atoms with Gasteiger partial charge in [0.05, 0.1) is 18.8 Å². The highest BCUT2D eigenvalue weighted by atomic mass is 32.2. The van der Waals surface area contributed by atoms with E-state index in [1.807, 2.05) is 31.2 Å². The molecule has 0 spiro atoms. The molecule has 1 saturated heterocycles. The molecule has 1 fully saturated rings. The summed E-state index contributed by atoms with van der Waals surface area (Å²) in [5, 5.41) is 22.6. The number of benzene rings is 1. The van der Waals surface area contributed by atoms with Crippen molar-refractivity contribution in [2.24, 2.45) is 0 Å². The molecule has 1 aliphatic heterocycles. The number of nitrogens with one attached hydrogen (secondary N) is 1. The summed E-state index contributed by atoms with van der Waals surface area (Å²) in [6.07, 6.45) is -1.93. The summed E-state index contributed by atoms with van der Waals surface area (Å²) in [7, 11) is 0. The molecule has 26 heavy (non-hydrogen) atoms. The number of hydrogen-bond donors (Lipinski definition) is 3. The van der Waals surface area contributed by atoms with E-state index in [1.165, 1.54) is 0 Å². The van der Waals surface area contributed by atoms with E-state index >= 15 is 0 Å². The van der Waals surface area contributed by atoms with Crippen LogP contribution in [0.15, 0.2) is 29.2 Å². The molecule has 3 N–H and O–H groups in total. The Kier molecular flexibility index (Phi) is 6.21. The van der Waals surface area contributed by atoms with Crippen LogP contribution in [0.25, 0.3) is 0 Å². The number of rotatable bonds is 4. The normalized spacial score (nSPS) is 26.2. The lowest BCUT2D eigenvalue weighted by Crippen LogP contribution is -2.57. The minimum atomic E-state index is -1.61. The van der Waals surface area contributed by atoms with Crippen LogP contribution in [0.5, 0.6) is 0 Å². The minimum Gasteiger partial charge on any atom is -0.478 e. The van der Waals surface area contributed by atoms with Gasteiger partial charge >= 0.3 is 12.1 Å². The number of amides is 1. The topological polar surface area (TPSA) is 105 Å². The predicted octanol–water partition coefficient (Wildman–Crippen LogP) is 2.54. The van der Waals surface area contributed by atoms with Gasteiger partial charge in [-0.25, -0.2) is 9.59 Å². The van der Waals surface area contributed by atoms with Crippen molar-refractivity contribution in [2.45, 2.75) is 61.7 Å². The van der Waals surface area contributed by atoms with Gasteiger partial charge < -0.3 is 25.0 Å². The Morgan fingerprint density at radius 1 is 1.31 bits per heavy atom. The van der Waals surface area contributed by atoms with Gasteiger partial charge in [-0.15, -0.1) is 0 Å². The highest BCUT2D eigenvalue weighted by Crippen LogP contribution is 2.41. The van der Waals surface area contributed by atoms with Gasteiger partial charge in [0.2, 0.25) is 4.93 Å². The van der Waals surface area contributed by atoms with Gasteiger partial charge in [-0.3, -0.25) is 0 Å². The summed E-state index contributed by atoms with van der Waals surface area (Å²) < 4.78 is 10.8. The van der Waals surface area contributed by atoms with E-state index in [1.54, 1.807) is 20.8 Å². The molecule has 1 heterocycles. The van der Waals surface area contributed by atoms with Crippen molar-refractivity contribution < 1.29 is 29.3 Å². The Hall–Kier alpha value is -1.77. The maximum atomic E-state index is 11.9. The van der Waals surface area contributed by atoms with Crippen LogP contribution >= 0.6 is 11.8 Å². The van der Waals surface area contributed by atoms with E-state index in [4.69, 9.17) is 9.47 Å². The van der Waals surface area contributed by atoms with Crippen LogP contribution in [0, 0.1) is 6.92 Å². The van der Waals surface area contributed by atoms with Crippen LogP contribution in [0.2, 0.25) is 0 Å². The Balaban J connectivity index is 2.05. The predicted molar refractivity (Wildman–Crippen MR) is 97.1 cm³/mol. The van der Waals surface area contributed by atoms with E-state index < -0.39 is 34.7 Å². The molecule has 3 unspecified atom stereocenters. The number of hydrogen-bond acceptors (Lipinski definition) is 6. The smallest absolute Gasteiger partial charge is 0.408 e. The Morgan fingerprint density at radius 2 is 1.92 bits per heavy atom. The van der Waals surface area contributed by atoms with Gasteiger partial charge in [-0.05, 0) is 39.8 Å². The van der Waals surface area contributed by atoms with Crippen molar-refractivity contribution in [3.8, 4) is 0 Å². The van der Waals surface area contributed by atoms with Gasteiger partial charge in [0.15, 0.2) is 0 Å². The fourth-order valence-electron chi connectivity index (χ4n) is 2.47. The monoisotopic (exact) mass is 383 g/mol. The Labute approximate surface area is 157 Å². The summed E-state index contributed by atoms with van der Waals surface area (Å²) in [5.41, 5.74) is 0.390. The molecule has 2 rings (SSSR count). The average molecular weight is 383 g/mol. The first-order valence-corrected chi connectivity index (χ1v) is 9.13. The largest absolute Gasteiger partial charge is 0.478 e. The lowest BCUT2D eigenvalue weighted by molar-refractivity contribution is -0.165. The number of aliphatic carboxylic acids is 1. The van der Waals surface area contributed by atoms with Gasteiger partial charge in [0, 0.05) is 11.3 Å². The second kappa shape index (κ2) is 7.85. The molecule has 0 radical (unpaired) electrons. The van der Waals surface area contributed by atoms with Crippen LogP contribution in [0.3, 0.4) is 0 Å². The summed E-state index contributed by atoms with van der Waals surface area (Å²) in [6.45, 7) is 7.00. The zero-order valence-corrected chi connectivity index (χ0v) is 16.1. The first-order chi connectivity index (χ1) is 12.0. The van der Waals surface area contributed by atoms with Crippen molar-refractivity contribution >= 4 is 23.8 Å². The highest BCUT2D eigenvalue weighted by Gasteiger charge is 2.49. The number of aryl methyl sites for hydroxylation is 1. The first-order valence-electron chi connectivity index (χ1n) is 8.31. The average Bonchev–Trinajstić information content (AvgIpc) is 2.50. The standard InChI is InChI=1S/C18H25NO6S/c1-11-5-7-12(8-6-11)26-18(15(21)22)9-14(20)13(10-24-18)19-16(23)25-17(2,3)4/h5-8,13-14,20H,9-10H2,1-4H3,(H,19,23)(H,21,22). The second-order valence-corrected chi connectivity index (χ2v) is 8.64. The van der Waals surface area contributed by atoms with Crippen LogP contribution < -0.4 is 5.32 Å². The van der Waals surface area contributed by atoms with Crippen molar-refractivity contribution in [1.29, 1.82) is 0 Å². The molecule has 8 heteroatoms. The Morgan fingerprint density at radius 3 is 2.42 bits per heavy atom. The number of aliphatic hydroxyl groups excluding tert-OH is 1. The third-order valence-corrected chi connectivity index (χ3v) is 5.07. The molecule has 1 aromatic rings. The lowest BCUT2D eigenvalue weighted by atomic mass is 10.0. The molecule has 7 nitrogen and oxygen atoms in total. The second-order valence-electron chi connectivity index (χ2n) is 7.31. The van der Waals surface area contributed by atoms with Crippen molar-refractivity contribution in [3.05, 3.63) is 29.8 Å². The van der Waals surface area contributed by atoms with E-state index in [0.717, 1.165) is 22.2 Å². The number of carbonyl (C=O) groups is 2. The zero-order chi connectivity index (χ0) is 19.5. The summed E-state index contributed by atoms with van der Waals surface area (Å²) in [5.74, 6) is -1.17. The molecule has 0 saturated carbocycles. The van der Waals surface area contributed by atoms with E-state index in [-0.39, 0.29) is 13.0 Å². The molecule has 1 aromatic carbocycles. The van der Waals surface area contributed by atoms with E-state index in [0.29, 0.717) is 0 Å². The van der Waals surface area contributed by atoms with Crippen LogP contribution in [0.4, 0.5) is 4.79 Å². The highest BCUT2D eigenvalue weighted by molar-refractivity contribution is 8.01. The number of thioether (sulfide) groups is 1. The maximum absolute atomic E-state index is 11.9. The van der Waals surface area contributed by atoms with Crippen LogP contribution in [0.1, 0.15) is 32.8 Å². The molecule has 0 bridgehead atoms. The molecule has 0 aromatic heterocycles. The fourth-order valence-corrected chi connectivity index (χ4v) is 3.59. The number of alkyl carbamates (subject to hydrolysis) is 1. The van der Waals surface area contributed by atoms with Gasteiger partial charge in [-0.1, -0.05) is 29.5 Å². The quantitative estimate of drug-likeness (QED) is 0.734. The first kappa shape index (κ1) is 20.5. The number of aliphatic hydroxyl groups is 1. The van der Waals surface area contributed by atoms with Crippen molar-refractivity contribution in [3.63, 3.8) is 0 Å². The van der Waals surface area contributed by atoms with Gasteiger partial charge in [-0.2, -0.15) is 0 Å². The SMILES string of the molecule is Cc1ccc(SC2(C(=O)O)CC(O)C(NC(=O)OC(C)(C)C)CO2)cc1. The number of carboxylic acids is 1. The van der Waals surface area contributed by atoms with E-state index in [2.05, 4.69) is 5.32 Å². The molecular weight excluding hydrogens is 358 g/mol. The molecule has 1 amide bonds. The Bertz CT molecular complexity index is 657. The van der Waals surface area contributed by atoms with Crippen LogP contribution in [-0.2, 0) is 14.3 Å². The summed E-state index contributed by atoms with van der Waals surface area (Å²) in [4.78, 5) is 22.8. The van der Waals surface area contributed by atoms with Crippen LogP contribution in [-0.4, -0.2) is 51.6 Å². The third-order valence-electron chi connectivity index (χ3n) is 3.77. The van der Waals surface area contributed by atoms with Crippen molar-refractivity contribution in [2.75, 3.05) is 6.61 Å². The number of carbonyl (C=O) groups excluding carboxylic acids is 1. The fraction of sp³-hybridized carbons (Fsp3) is 0.556.